The Bertz CT molecular complexity index is 854. The van der Waals surface area contributed by atoms with E-state index in [9.17, 15) is 14.3 Å². The number of halogens is 1. The van der Waals surface area contributed by atoms with Gasteiger partial charge in [-0.05, 0) is 54.8 Å². The van der Waals surface area contributed by atoms with Crippen LogP contribution in [0.1, 0.15) is 28.8 Å². The highest BCUT2D eigenvalue weighted by Gasteiger charge is 2.29. The number of carbonyl (C=O) groups is 1. The molecular weight excluding hydrogens is 333 g/mol. The zero-order valence-electron chi connectivity index (χ0n) is 14.3. The van der Waals surface area contributed by atoms with E-state index in [-0.39, 0.29) is 18.0 Å². The van der Waals surface area contributed by atoms with Gasteiger partial charge < -0.3 is 15.7 Å². The van der Waals surface area contributed by atoms with Crippen molar-refractivity contribution in [3.05, 3.63) is 59.4 Å². The van der Waals surface area contributed by atoms with Crippen LogP contribution in [-0.4, -0.2) is 36.2 Å². The summed E-state index contributed by atoms with van der Waals surface area (Å²) in [5.74, 6) is -0.854. The first kappa shape index (κ1) is 18.1. The SMILES string of the molecule is N#Cc1cc(-c2cccc(C(=O)NC[C@@]3(O)CCCNC3)c2)ccc1F. The van der Waals surface area contributed by atoms with E-state index >= 15 is 0 Å². The predicted octanol–water partition coefficient (Wildman–Crippen LogP) is 2.21. The number of carbonyl (C=O) groups excluding carboxylic acids is 1. The summed E-state index contributed by atoms with van der Waals surface area (Å²) < 4.78 is 13.5. The van der Waals surface area contributed by atoms with Gasteiger partial charge in [0.1, 0.15) is 11.9 Å². The van der Waals surface area contributed by atoms with Crippen molar-refractivity contribution in [2.75, 3.05) is 19.6 Å². The lowest BCUT2D eigenvalue weighted by Gasteiger charge is -2.32. The molecule has 1 saturated heterocycles. The Kier molecular flexibility index (Phi) is 5.31. The Hall–Kier alpha value is -2.75. The Labute approximate surface area is 151 Å². The fourth-order valence-corrected chi connectivity index (χ4v) is 3.08. The molecule has 1 heterocycles. The van der Waals surface area contributed by atoms with Crippen LogP contribution in [0.3, 0.4) is 0 Å². The second kappa shape index (κ2) is 7.65. The minimum atomic E-state index is -0.926. The van der Waals surface area contributed by atoms with Gasteiger partial charge in [-0.25, -0.2) is 4.39 Å². The molecule has 26 heavy (non-hydrogen) atoms. The number of benzene rings is 2. The van der Waals surface area contributed by atoms with Crippen molar-refractivity contribution in [1.82, 2.24) is 10.6 Å². The van der Waals surface area contributed by atoms with Crippen molar-refractivity contribution in [1.29, 1.82) is 5.26 Å². The number of nitrogens with zero attached hydrogens (tertiary/aromatic N) is 1. The van der Waals surface area contributed by atoms with Gasteiger partial charge in [-0.15, -0.1) is 0 Å². The van der Waals surface area contributed by atoms with E-state index in [1.807, 2.05) is 6.07 Å². The summed E-state index contributed by atoms with van der Waals surface area (Å²) >= 11 is 0. The highest BCUT2D eigenvalue weighted by atomic mass is 19.1. The number of hydrogen-bond donors (Lipinski definition) is 3. The van der Waals surface area contributed by atoms with Crippen molar-refractivity contribution >= 4 is 5.91 Å². The maximum Gasteiger partial charge on any atom is 0.251 e. The largest absolute Gasteiger partial charge is 0.387 e. The lowest BCUT2D eigenvalue weighted by molar-refractivity contribution is 0.0170. The third-order valence-corrected chi connectivity index (χ3v) is 4.57. The summed E-state index contributed by atoms with van der Waals surface area (Å²) in [5.41, 5.74) is 0.853. The van der Waals surface area contributed by atoms with E-state index in [0.29, 0.717) is 29.7 Å². The Morgan fingerprint density at radius 1 is 1.31 bits per heavy atom. The molecule has 1 amide bonds. The molecule has 0 bridgehead atoms. The van der Waals surface area contributed by atoms with Gasteiger partial charge in [0.05, 0.1) is 11.2 Å². The van der Waals surface area contributed by atoms with Gasteiger partial charge in [0.2, 0.25) is 0 Å². The second-order valence-electron chi connectivity index (χ2n) is 6.57. The molecule has 1 aliphatic rings. The lowest BCUT2D eigenvalue weighted by Crippen LogP contribution is -2.52. The van der Waals surface area contributed by atoms with Crippen LogP contribution in [0, 0.1) is 17.1 Å². The smallest absolute Gasteiger partial charge is 0.251 e. The Morgan fingerprint density at radius 2 is 2.12 bits per heavy atom. The van der Waals surface area contributed by atoms with Crippen LogP contribution in [0.5, 0.6) is 0 Å². The molecule has 5 nitrogen and oxygen atoms in total. The molecule has 0 radical (unpaired) electrons. The van der Waals surface area contributed by atoms with Crippen LogP contribution in [0.2, 0.25) is 0 Å². The average molecular weight is 353 g/mol. The van der Waals surface area contributed by atoms with Gasteiger partial charge in [-0.1, -0.05) is 18.2 Å². The molecule has 0 aromatic heterocycles. The van der Waals surface area contributed by atoms with Gasteiger partial charge in [-0.2, -0.15) is 5.26 Å². The molecule has 0 unspecified atom stereocenters. The molecule has 134 valence electrons. The predicted molar refractivity (Wildman–Crippen MR) is 95.9 cm³/mol. The van der Waals surface area contributed by atoms with Gasteiger partial charge in [0.15, 0.2) is 0 Å². The normalized spacial score (nSPS) is 19.6. The first-order chi connectivity index (χ1) is 12.5. The molecule has 0 aliphatic carbocycles. The Morgan fingerprint density at radius 3 is 2.85 bits per heavy atom. The number of nitrogens with one attached hydrogen (secondary N) is 2. The van der Waals surface area contributed by atoms with Crippen LogP contribution in [0.4, 0.5) is 4.39 Å². The van der Waals surface area contributed by atoms with Crippen molar-refractivity contribution < 1.29 is 14.3 Å². The molecule has 1 fully saturated rings. The summed E-state index contributed by atoms with van der Waals surface area (Å²) in [4.78, 5) is 12.4. The summed E-state index contributed by atoms with van der Waals surface area (Å²) in [6, 6.07) is 13.0. The number of piperidine rings is 1. The molecule has 0 spiro atoms. The molecule has 0 saturated carbocycles. The van der Waals surface area contributed by atoms with E-state index in [4.69, 9.17) is 5.26 Å². The molecule has 3 rings (SSSR count). The van der Waals surface area contributed by atoms with Crippen molar-refractivity contribution in [2.24, 2.45) is 0 Å². The summed E-state index contributed by atoms with van der Waals surface area (Å²) in [7, 11) is 0. The number of rotatable bonds is 4. The first-order valence-corrected chi connectivity index (χ1v) is 8.52. The standard InChI is InChI=1S/C20H20FN3O2/c21-18-6-5-15(10-17(18)11-22)14-3-1-4-16(9-14)19(25)24-13-20(26)7-2-8-23-12-20/h1,3-6,9-10,23,26H,2,7-8,12-13H2,(H,24,25)/t20-/m1/s1. The third kappa shape index (κ3) is 4.07. The summed E-state index contributed by atoms with van der Waals surface area (Å²) in [6.45, 7) is 1.51. The molecule has 2 aromatic rings. The molecule has 2 aromatic carbocycles. The minimum absolute atomic E-state index is 0.0376. The van der Waals surface area contributed by atoms with Crippen LogP contribution >= 0.6 is 0 Å². The van der Waals surface area contributed by atoms with Crippen molar-refractivity contribution in [2.45, 2.75) is 18.4 Å². The molecule has 1 aliphatic heterocycles. The highest BCUT2D eigenvalue weighted by Crippen LogP contribution is 2.23. The number of aliphatic hydroxyl groups is 1. The highest BCUT2D eigenvalue weighted by molar-refractivity contribution is 5.95. The molecule has 3 N–H and O–H groups in total. The molecular formula is C20H20FN3O2. The molecule has 1 atom stereocenters. The number of amides is 1. The number of hydrogen-bond acceptors (Lipinski definition) is 4. The molecule has 6 heteroatoms. The van der Waals surface area contributed by atoms with E-state index in [1.165, 1.54) is 12.1 Å². The van der Waals surface area contributed by atoms with E-state index in [0.717, 1.165) is 13.0 Å². The fourth-order valence-electron chi connectivity index (χ4n) is 3.08. The van der Waals surface area contributed by atoms with E-state index in [2.05, 4.69) is 10.6 Å². The van der Waals surface area contributed by atoms with E-state index in [1.54, 1.807) is 30.3 Å². The van der Waals surface area contributed by atoms with Crippen LogP contribution in [0.15, 0.2) is 42.5 Å². The number of nitriles is 1. The monoisotopic (exact) mass is 353 g/mol. The van der Waals surface area contributed by atoms with Crippen molar-refractivity contribution in [3.8, 4) is 17.2 Å². The maximum absolute atomic E-state index is 13.5. The number of β-amino-alcohol motifs (C(OH)–C–C–N with tert-alkyl or cyclic N) is 1. The topological polar surface area (TPSA) is 85.2 Å². The lowest BCUT2D eigenvalue weighted by atomic mass is 9.94. The fraction of sp³-hybridized carbons (Fsp3) is 0.300. The van der Waals surface area contributed by atoms with Gasteiger partial charge in [-0.3, -0.25) is 4.79 Å². The maximum atomic E-state index is 13.5. The van der Waals surface area contributed by atoms with Crippen LogP contribution < -0.4 is 10.6 Å². The zero-order chi connectivity index (χ0) is 18.6. The van der Waals surface area contributed by atoms with Crippen LogP contribution in [0.25, 0.3) is 11.1 Å². The quantitative estimate of drug-likeness (QED) is 0.787. The van der Waals surface area contributed by atoms with Crippen LogP contribution in [-0.2, 0) is 0 Å². The van der Waals surface area contributed by atoms with E-state index < -0.39 is 11.4 Å². The van der Waals surface area contributed by atoms with Gasteiger partial charge >= 0.3 is 0 Å². The van der Waals surface area contributed by atoms with Gasteiger partial charge in [0.25, 0.3) is 5.91 Å². The Balaban J connectivity index is 1.74. The zero-order valence-corrected chi connectivity index (χ0v) is 14.3. The summed E-state index contributed by atoms with van der Waals surface area (Å²) in [5, 5.41) is 25.3. The van der Waals surface area contributed by atoms with Crippen molar-refractivity contribution in [3.63, 3.8) is 0 Å². The summed E-state index contributed by atoms with van der Waals surface area (Å²) in [6.07, 6.45) is 1.51. The third-order valence-electron chi connectivity index (χ3n) is 4.57. The minimum Gasteiger partial charge on any atom is -0.387 e. The van der Waals surface area contributed by atoms with Gasteiger partial charge in [0, 0.05) is 18.7 Å². The average Bonchev–Trinajstić information content (AvgIpc) is 2.67. The first-order valence-electron chi connectivity index (χ1n) is 8.52. The second-order valence-corrected chi connectivity index (χ2v) is 6.57.